The van der Waals surface area contributed by atoms with Gasteiger partial charge in [-0.25, -0.2) is 0 Å². The van der Waals surface area contributed by atoms with E-state index in [4.69, 9.17) is 16.3 Å². The minimum atomic E-state index is -0.0831. The summed E-state index contributed by atoms with van der Waals surface area (Å²) in [4.78, 5) is 14.4. The molecule has 0 radical (unpaired) electrons. The molecule has 0 saturated carbocycles. The fourth-order valence-electron chi connectivity index (χ4n) is 2.51. The number of benzene rings is 1. The number of hydrogen-bond donors (Lipinski definition) is 1. The number of carbonyl (C=O) groups is 1. The molecule has 20 heavy (non-hydrogen) atoms. The highest BCUT2D eigenvalue weighted by molar-refractivity contribution is 6.30. The van der Waals surface area contributed by atoms with Crippen LogP contribution in [0.25, 0.3) is 0 Å². The van der Waals surface area contributed by atoms with E-state index < -0.39 is 0 Å². The van der Waals surface area contributed by atoms with E-state index in [0.29, 0.717) is 17.1 Å². The molecule has 0 aliphatic carbocycles. The van der Waals surface area contributed by atoms with Crippen molar-refractivity contribution in [2.75, 3.05) is 33.9 Å². The van der Waals surface area contributed by atoms with Gasteiger partial charge >= 0.3 is 0 Å². The highest BCUT2D eigenvalue weighted by atomic mass is 35.5. The van der Waals surface area contributed by atoms with Gasteiger partial charge in [-0.3, -0.25) is 4.79 Å². The predicted octanol–water partition coefficient (Wildman–Crippen LogP) is 2.18. The van der Waals surface area contributed by atoms with Crippen LogP contribution in [-0.4, -0.2) is 50.2 Å². The molecule has 5 heteroatoms. The van der Waals surface area contributed by atoms with Crippen LogP contribution in [0.5, 0.6) is 0 Å². The van der Waals surface area contributed by atoms with Crippen molar-refractivity contribution in [3.05, 3.63) is 34.9 Å². The highest BCUT2D eigenvalue weighted by Gasteiger charge is 2.35. The number of likely N-dealkylation sites (N-methyl/N-ethyl adjacent to an activating group) is 1. The SMILES string of the molecule is CN(C)C1(CNC(=O)c2cccc(Cl)c2)CCOCC1. The number of hydrogen-bond acceptors (Lipinski definition) is 3. The van der Waals surface area contributed by atoms with Gasteiger partial charge in [-0.2, -0.15) is 0 Å². The van der Waals surface area contributed by atoms with Crippen LogP contribution < -0.4 is 5.32 Å². The third-order valence-electron chi connectivity index (χ3n) is 4.04. The number of carbonyl (C=O) groups excluding carboxylic acids is 1. The second-order valence-corrected chi connectivity index (χ2v) is 5.86. The molecule has 1 fully saturated rings. The molecule has 1 aliphatic heterocycles. The summed E-state index contributed by atoms with van der Waals surface area (Å²) < 4.78 is 5.43. The van der Waals surface area contributed by atoms with Crippen molar-refractivity contribution in [2.24, 2.45) is 0 Å². The Labute approximate surface area is 125 Å². The van der Waals surface area contributed by atoms with E-state index in [1.54, 1.807) is 24.3 Å². The van der Waals surface area contributed by atoms with Crippen LogP contribution in [-0.2, 0) is 4.74 Å². The minimum absolute atomic E-state index is 0.0213. The molecule has 4 nitrogen and oxygen atoms in total. The second-order valence-electron chi connectivity index (χ2n) is 5.42. The zero-order chi connectivity index (χ0) is 14.6. The predicted molar refractivity (Wildman–Crippen MR) is 80.3 cm³/mol. The first-order chi connectivity index (χ1) is 9.53. The van der Waals surface area contributed by atoms with Gasteiger partial charge < -0.3 is 15.0 Å². The number of nitrogens with one attached hydrogen (secondary N) is 1. The third kappa shape index (κ3) is 3.51. The first-order valence-electron chi connectivity index (χ1n) is 6.82. The lowest BCUT2D eigenvalue weighted by Crippen LogP contribution is -2.55. The van der Waals surface area contributed by atoms with Crippen LogP contribution in [0.3, 0.4) is 0 Å². The Morgan fingerprint density at radius 1 is 1.40 bits per heavy atom. The summed E-state index contributed by atoms with van der Waals surface area (Å²) in [6.45, 7) is 2.10. The number of rotatable bonds is 4. The van der Waals surface area contributed by atoms with Crippen LogP contribution in [0.15, 0.2) is 24.3 Å². The van der Waals surface area contributed by atoms with Crippen molar-refractivity contribution in [3.63, 3.8) is 0 Å². The van der Waals surface area contributed by atoms with Gasteiger partial charge in [-0.05, 0) is 45.1 Å². The molecule has 1 amide bonds. The topological polar surface area (TPSA) is 41.6 Å². The van der Waals surface area contributed by atoms with E-state index in [2.05, 4.69) is 24.3 Å². The lowest BCUT2D eigenvalue weighted by molar-refractivity contribution is -0.00657. The van der Waals surface area contributed by atoms with Gasteiger partial charge in [-0.15, -0.1) is 0 Å². The van der Waals surface area contributed by atoms with E-state index in [9.17, 15) is 4.79 Å². The van der Waals surface area contributed by atoms with Gasteiger partial charge in [0.1, 0.15) is 0 Å². The number of amides is 1. The average Bonchev–Trinajstić information content (AvgIpc) is 2.45. The van der Waals surface area contributed by atoms with Crippen molar-refractivity contribution in [3.8, 4) is 0 Å². The maximum atomic E-state index is 12.2. The van der Waals surface area contributed by atoms with Crippen molar-refractivity contribution < 1.29 is 9.53 Å². The summed E-state index contributed by atoms with van der Waals surface area (Å²) >= 11 is 5.91. The Morgan fingerprint density at radius 3 is 2.70 bits per heavy atom. The average molecular weight is 297 g/mol. The van der Waals surface area contributed by atoms with Gasteiger partial charge in [0.25, 0.3) is 5.91 Å². The molecule has 0 bridgehead atoms. The fraction of sp³-hybridized carbons (Fsp3) is 0.533. The zero-order valence-corrected chi connectivity index (χ0v) is 12.7. The van der Waals surface area contributed by atoms with Crippen molar-refractivity contribution >= 4 is 17.5 Å². The lowest BCUT2D eigenvalue weighted by Gasteiger charge is -2.42. The monoisotopic (exact) mass is 296 g/mol. The van der Waals surface area contributed by atoms with E-state index in [-0.39, 0.29) is 11.4 Å². The van der Waals surface area contributed by atoms with Crippen LogP contribution in [0.4, 0.5) is 0 Å². The third-order valence-corrected chi connectivity index (χ3v) is 4.27. The molecule has 1 N–H and O–H groups in total. The van der Waals surface area contributed by atoms with Gasteiger partial charge in [0.2, 0.25) is 0 Å². The minimum Gasteiger partial charge on any atom is -0.381 e. The van der Waals surface area contributed by atoms with Gasteiger partial charge in [0.05, 0.1) is 0 Å². The Hall–Kier alpha value is -1.10. The normalized spacial score (nSPS) is 18.0. The van der Waals surface area contributed by atoms with Crippen molar-refractivity contribution in [1.29, 1.82) is 0 Å². The molecule has 1 aromatic rings. The standard InChI is InChI=1S/C15H21ClN2O2/c1-18(2)15(6-8-20-9-7-15)11-17-14(19)12-4-3-5-13(16)10-12/h3-5,10H,6-9,11H2,1-2H3,(H,17,19). The smallest absolute Gasteiger partial charge is 0.251 e. The molecule has 110 valence electrons. The largest absolute Gasteiger partial charge is 0.381 e. The first kappa shape index (κ1) is 15.3. The summed E-state index contributed by atoms with van der Waals surface area (Å²) in [5.41, 5.74) is 0.574. The second kappa shape index (κ2) is 6.57. The quantitative estimate of drug-likeness (QED) is 0.926. The summed E-state index contributed by atoms with van der Waals surface area (Å²) in [7, 11) is 4.10. The molecule has 0 spiro atoms. The Bertz CT molecular complexity index is 471. The Morgan fingerprint density at radius 2 is 2.10 bits per heavy atom. The molecule has 2 rings (SSSR count). The Balaban J connectivity index is 2.00. The molecule has 1 aliphatic rings. The number of halogens is 1. The molecule has 1 aromatic carbocycles. The van der Waals surface area contributed by atoms with Crippen LogP contribution in [0.1, 0.15) is 23.2 Å². The summed E-state index contributed by atoms with van der Waals surface area (Å²) in [6, 6.07) is 7.00. The number of nitrogens with zero attached hydrogens (tertiary/aromatic N) is 1. The highest BCUT2D eigenvalue weighted by Crippen LogP contribution is 2.25. The summed E-state index contributed by atoms with van der Waals surface area (Å²) in [6.07, 6.45) is 1.85. The molecule has 1 saturated heterocycles. The van der Waals surface area contributed by atoms with Gasteiger partial charge in [0, 0.05) is 35.9 Å². The Kier molecular flexibility index (Phi) is 5.02. The van der Waals surface area contributed by atoms with E-state index in [1.807, 2.05) is 0 Å². The first-order valence-corrected chi connectivity index (χ1v) is 7.20. The summed E-state index contributed by atoms with van der Waals surface area (Å²) in [5.74, 6) is -0.0831. The zero-order valence-electron chi connectivity index (χ0n) is 12.0. The maximum Gasteiger partial charge on any atom is 0.251 e. The molecular formula is C15H21ClN2O2. The van der Waals surface area contributed by atoms with E-state index in [0.717, 1.165) is 26.1 Å². The molecular weight excluding hydrogens is 276 g/mol. The summed E-state index contributed by atoms with van der Waals surface area (Å²) in [5, 5.41) is 3.60. The van der Waals surface area contributed by atoms with Crippen LogP contribution in [0, 0.1) is 0 Å². The fourth-order valence-corrected chi connectivity index (χ4v) is 2.70. The van der Waals surface area contributed by atoms with Crippen molar-refractivity contribution in [2.45, 2.75) is 18.4 Å². The van der Waals surface area contributed by atoms with E-state index in [1.165, 1.54) is 0 Å². The van der Waals surface area contributed by atoms with Crippen LogP contribution >= 0.6 is 11.6 Å². The molecule has 0 unspecified atom stereocenters. The van der Waals surface area contributed by atoms with E-state index >= 15 is 0 Å². The molecule has 1 heterocycles. The maximum absolute atomic E-state index is 12.2. The van der Waals surface area contributed by atoms with Gasteiger partial charge in [-0.1, -0.05) is 17.7 Å². The molecule has 0 atom stereocenters. The number of ether oxygens (including phenoxy) is 1. The molecule has 0 aromatic heterocycles. The lowest BCUT2D eigenvalue weighted by atomic mass is 9.88. The van der Waals surface area contributed by atoms with Gasteiger partial charge in [0.15, 0.2) is 0 Å². The van der Waals surface area contributed by atoms with Crippen LogP contribution in [0.2, 0.25) is 5.02 Å². The van der Waals surface area contributed by atoms with Crippen molar-refractivity contribution in [1.82, 2.24) is 10.2 Å².